The minimum absolute atomic E-state index is 0.0432. The van der Waals surface area contributed by atoms with Crippen LogP contribution in [0.15, 0.2) is 41.1 Å². The Bertz CT molecular complexity index is 798. The van der Waals surface area contributed by atoms with Crippen molar-refractivity contribution in [3.05, 3.63) is 58.3 Å². The van der Waals surface area contributed by atoms with E-state index in [0.29, 0.717) is 11.0 Å². The van der Waals surface area contributed by atoms with Gasteiger partial charge in [0.1, 0.15) is 0 Å². The van der Waals surface area contributed by atoms with Crippen molar-refractivity contribution >= 4 is 15.9 Å². The van der Waals surface area contributed by atoms with Crippen LogP contribution in [0.2, 0.25) is 0 Å². The van der Waals surface area contributed by atoms with E-state index in [1.807, 2.05) is 12.3 Å². The summed E-state index contributed by atoms with van der Waals surface area (Å²) < 4.78 is 20.0. The molecule has 3 heterocycles. The van der Waals surface area contributed by atoms with E-state index in [-0.39, 0.29) is 11.0 Å². The highest BCUT2D eigenvalue weighted by atomic mass is 79.9. The van der Waals surface area contributed by atoms with Gasteiger partial charge in [-0.2, -0.15) is 4.39 Å². The summed E-state index contributed by atoms with van der Waals surface area (Å²) in [5.74, 6) is -0.470. The zero-order chi connectivity index (χ0) is 19.5. The minimum Gasteiger partial charge on any atom is -0.375 e. The van der Waals surface area contributed by atoms with Gasteiger partial charge < -0.3 is 10.1 Å². The standard InChI is InChI=1S/C22H27BrFN3O/c23-18-13-17(15-27-20(18)24)14-25-11-8-21(19-5-1-4-10-26-19)9-12-28-22(16-21)6-2-3-7-22/h1,4-5,10,13,15,25H,2-3,6-9,11-12,14,16H2/t21-/m1/s1. The van der Waals surface area contributed by atoms with Gasteiger partial charge in [-0.1, -0.05) is 18.9 Å². The summed E-state index contributed by atoms with van der Waals surface area (Å²) in [5.41, 5.74) is 2.26. The highest BCUT2D eigenvalue weighted by molar-refractivity contribution is 9.10. The molecule has 150 valence electrons. The second-order valence-electron chi connectivity index (χ2n) is 8.20. The van der Waals surface area contributed by atoms with Gasteiger partial charge in [0.15, 0.2) is 0 Å². The molecule has 1 saturated carbocycles. The van der Waals surface area contributed by atoms with Gasteiger partial charge in [-0.15, -0.1) is 0 Å². The lowest BCUT2D eigenvalue weighted by Gasteiger charge is -2.46. The maximum absolute atomic E-state index is 13.3. The van der Waals surface area contributed by atoms with Crippen molar-refractivity contribution in [2.45, 2.75) is 62.5 Å². The number of aromatic nitrogens is 2. The van der Waals surface area contributed by atoms with Crippen molar-refractivity contribution in [1.82, 2.24) is 15.3 Å². The summed E-state index contributed by atoms with van der Waals surface area (Å²) in [6.45, 7) is 2.36. The Balaban J connectivity index is 1.45. The summed E-state index contributed by atoms with van der Waals surface area (Å²) >= 11 is 3.20. The monoisotopic (exact) mass is 447 g/mol. The van der Waals surface area contributed by atoms with E-state index in [4.69, 9.17) is 9.72 Å². The first-order valence-corrected chi connectivity index (χ1v) is 11.0. The van der Waals surface area contributed by atoms with E-state index in [1.165, 1.54) is 31.4 Å². The van der Waals surface area contributed by atoms with Crippen molar-refractivity contribution in [2.75, 3.05) is 13.2 Å². The van der Waals surface area contributed by atoms with E-state index < -0.39 is 5.95 Å². The fourth-order valence-electron chi connectivity index (χ4n) is 4.91. The molecule has 1 saturated heterocycles. The Morgan fingerprint density at radius 1 is 1.18 bits per heavy atom. The van der Waals surface area contributed by atoms with Crippen LogP contribution >= 0.6 is 15.9 Å². The highest BCUT2D eigenvalue weighted by Gasteiger charge is 2.48. The number of halogens is 2. The van der Waals surface area contributed by atoms with Crippen molar-refractivity contribution in [3.63, 3.8) is 0 Å². The molecule has 28 heavy (non-hydrogen) atoms. The minimum atomic E-state index is -0.470. The van der Waals surface area contributed by atoms with Gasteiger partial charge in [0.25, 0.3) is 0 Å². The van der Waals surface area contributed by atoms with Crippen LogP contribution in [0.5, 0.6) is 0 Å². The first kappa shape index (κ1) is 19.9. The average Bonchev–Trinajstić information content (AvgIpc) is 3.16. The molecular formula is C22H27BrFN3O. The Morgan fingerprint density at radius 2 is 2.04 bits per heavy atom. The molecule has 0 radical (unpaired) electrons. The van der Waals surface area contributed by atoms with Crippen molar-refractivity contribution in [1.29, 1.82) is 0 Å². The van der Waals surface area contributed by atoms with Crippen LogP contribution in [0.25, 0.3) is 0 Å². The maximum Gasteiger partial charge on any atom is 0.227 e. The molecule has 1 atom stereocenters. The quantitative estimate of drug-likeness (QED) is 0.504. The van der Waals surface area contributed by atoms with E-state index >= 15 is 0 Å². The van der Waals surface area contributed by atoms with Gasteiger partial charge in [-0.3, -0.25) is 4.98 Å². The molecule has 4 rings (SSSR count). The molecule has 0 aromatic carbocycles. The fourth-order valence-corrected chi connectivity index (χ4v) is 5.31. The third-order valence-corrected chi connectivity index (χ3v) is 6.89. The topological polar surface area (TPSA) is 47.0 Å². The van der Waals surface area contributed by atoms with E-state index in [1.54, 1.807) is 12.3 Å². The Kier molecular flexibility index (Phi) is 6.09. The molecule has 2 aromatic heterocycles. The van der Waals surface area contributed by atoms with Gasteiger partial charge in [0, 0.05) is 36.7 Å². The number of nitrogens with zero attached hydrogens (tertiary/aromatic N) is 2. The molecule has 2 aromatic rings. The second-order valence-corrected chi connectivity index (χ2v) is 9.06. The molecule has 0 unspecified atom stereocenters. The van der Waals surface area contributed by atoms with Crippen molar-refractivity contribution < 1.29 is 9.13 Å². The molecule has 1 N–H and O–H groups in total. The van der Waals surface area contributed by atoms with Crippen LogP contribution in [-0.2, 0) is 16.7 Å². The van der Waals surface area contributed by atoms with Crippen LogP contribution in [0.1, 0.15) is 56.2 Å². The second kappa shape index (κ2) is 8.56. The first-order chi connectivity index (χ1) is 13.6. The van der Waals surface area contributed by atoms with Crippen LogP contribution in [0.3, 0.4) is 0 Å². The maximum atomic E-state index is 13.3. The molecule has 2 fully saturated rings. The third-order valence-electron chi connectivity index (χ3n) is 6.33. The lowest BCUT2D eigenvalue weighted by Crippen LogP contribution is -2.47. The van der Waals surface area contributed by atoms with Gasteiger partial charge >= 0.3 is 0 Å². The summed E-state index contributed by atoms with van der Waals surface area (Å²) in [6.07, 6.45) is 11.5. The number of hydrogen-bond acceptors (Lipinski definition) is 4. The molecule has 0 bridgehead atoms. The van der Waals surface area contributed by atoms with E-state index in [9.17, 15) is 4.39 Å². The van der Waals surface area contributed by atoms with Crippen LogP contribution in [0, 0.1) is 5.95 Å². The average molecular weight is 448 g/mol. The fraction of sp³-hybridized carbons (Fsp3) is 0.545. The number of pyridine rings is 2. The van der Waals surface area contributed by atoms with Crippen molar-refractivity contribution in [2.24, 2.45) is 0 Å². The number of hydrogen-bond donors (Lipinski definition) is 1. The smallest absolute Gasteiger partial charge is 0.227 e. The lowest BCUT2D eigenvalue weighted by molar-refractivity contribution is -0.104. The summed E-state index contributed by atoms with van der Waals surface area (Å²) in [6, 6.07) is 8.04. The lowest BCUT2D eigenvalue weighted by atomic mass is 9.68. The molecule has 6 heteroatoms. The third kappa shape index (κ3) is 4.29. The predicted octanol–water partition coefficient (Wildman–Crippen LogP) is 4.92. The molecule has 2 aliphatic rings. The number of rotatable bonds is 6. The van der Waals surface area contributed by atoms with Gasteiger partial charge in [-0.05, 0) is 78.3 Å². The molecule has 1 aliphatic heterocycles. The molecule has 0 amide bonds. The first-order valence-electron chi connectivity index (χ1n) is 10.2. The normalized spacial score (nSPS) is 23.9. The van der Waals surface area contributed by atoms with Crippen molar-refractivity contribution in [3.8, 4) is 0 Å². The zero-order valence-electron chi connectivity index (χ0n) is 16.1. The van der Waals surface area contributed by atoms with Crippen LogP contribution < -0.4 is 5.32 Å². The SMILES string of the molecule is Fc1ncc(CNCC[C@@]2(c3ccccn3)CCOC3(CCCC3)C2)cc1Br. The zero-order valence-corrected chi connectivity index (χ0v) is 17.7. The Morgan fingerprint density at radius 3 is 2.79 bits per heavy atom. The summed E-state index contributed by atoms with van der Waals surface area (Å²) in [7, 11) is 0. The molecule has 1 spiro atoms. The Hall–Kier alpha value is -1.37. The predicted molar refractivity (Wildman–Crippen MR) is 111 cm³/mol. The van der Waals surface area contributed by atoms with Crippen LogP contribution in [0.4, 0.5) is 4.39 Å². The number of ether oxygens (including phenoxy) is 1. The van der Waals surface area contributed by atoms with Gasteiger partial charge in [-0.25, -0.2) is 4.98 Å². The summed E-state index contributed by atoms with van der Waals surface area (Å²) in [4.78, 5) is 8.52. The van der Waals surface area contributed by atoms with Gasteiger partial charge in [0.05, 0.1) is 10.1 Å². The highest BCUT2D eigenvalue weighted by Crippen LogP contribution is 2.49. The van der Waals surface area contributed by atoms with E-state index in [0.717, 1.165) is 38.0 Å². The molecule has 4 nitrogen and oxygen atoms in total. The largest absolute Gasteiger partial charge is 0.375 e. The van der Waals surface area contributed by atoms with E-state index in [2.05, 4.69) is 38.4 Å². The van der Waals surface area contributed by atoms with Gasteiger partial charge in [0.2, 0.25) is 5.95 Å². The Labute approximate surface area is 174 Å². The van der Waals surface area contributed by atoms with Crippen LogP contribution in [-0.4, -0.2) is 28.7 Å². The summed E-state index contributed by atoms with van der Waals surface area (Å²) in [5, 5.41) is 3.52. The molecule has 1 aliphatic carbocycles. The molecular weight excluding hydrogens is 421 g/mol. The number of nitrogens with one attached hydrogen (secondary N) is 1.